The van der Waals surface area contributed by atoms with Gasteiger partial charge in [0.1, 0.15) is 17.0 Å². The Morgan fingerprint density at radius 3 is 2.58 bits per heavy atom. The SMILES string of the molecule is COc1ccc(F)c(NC(=O)C2(C(=O)O)CCC2)c1. The van der Waals surface area contributed by atoms with E-state index >= 15 is 0 Å². The van der Waals surface area contributed by atoms with Gasteiger partial charge in [-0.2, -0.15) is 0 Å². The van der Waals surface area contributed by atoms with Crippen LogP contribution in [-0.4, -0.2) is 24.1 Å². The van der Waals surface area contributed by atoms with Gasteiger partial charge < -0.3 is 15.2 Å². The summed E-state index contributed by atoms with van der Waals surface area (Å²) in [5.41, 5.74) is -1.49. The van der Waals surface area contributed by atoms with Gasteiger partial charge in [0.2, 0.25) is 5.91 Å². The van der Waals surface area contributed by atoms with Gasteiger partial charge in [0.25, 0.3) is 0 Å². The molecule has 6 heteroatoms. The highest BCUT2D eigenvalue weighted by atomic mass is 19.1. The van der Waals surface area contributed by atoms with Gasteiger partial charge in [-0.1, -0.05) is 6.42 Å². The number of carboxylic acids is 1. The highest BCUT2D eigenvalue weighted by Gasteiger charge is 2.51. The molecule has 1 aromatic rings. The van der Waals surface area contributed by atoms with E-state index in [2.05, 4.69) is 5.32 Å². The Morgan fingerprint density at radius 1 is 1.42 bits per heavy atom. The van der Waals surface area contributed by atoms with Crippen molar-refractivity contribution in [2.24, 2.45) is 5.41 Å². The number of methoxy groups -OCH3 is 1. The first kappa shape index (κ1) is 13.3. The van der Waals surface area contributed by atoms with Crippen LogP contribution in [0.4, 0.5) is 10.1 Å². The van der Waals surface area contributed by atoms with Crippen LogP contribution in [0.25, 0.3) is 0 Å². The fourth-order valence-corrected chi connectivity index (χ4v) is 2.04. The summed E-state index contributed by atoms with van der Waals surface area (Å²) in [5.74, 6) is -2.10. The second kappa shape index (κ2) is 4.87. The average Bonchev–Trinajstić information content (AvgIpc) is 2.30. The number of anilines is 1. The van der Waals surface area contributed by atoms with E-state index in [0.29, 0.717) is 12.2 Å². The number of rotatable bonds is 4. The lowest BCUT2D eigenvalue weighted by Gasteiger charge is -2.35. The zero-order valence-corrected chi connectivity index (χ0v) is 10.4. The fraction of sp³-hybridized carbons (Fsp3) is 0.385. The second-order valence-corrected chi connectivity index (χ2v) is 4.54. The summed E-state index contributed by atoms with van der Waals surface area (Å²) in [7, 11) is 1.42. The summed E-state index contributed by atoms with van der Waals surface area (Å²) in [6.07, 6.45) is 1.24. The molecule has 0 unspecified atom stereocenters. The molecule has 5 nitrogen and oxygen atoms in total. The second-order valence-electron chi connectivity index (χ2n) is 4.54. The van der Waals surface area contributed by atoms with E-state index in [1.165, 1.54) is 19.2 Å². The van der Waals surface area contributed by atoms with E-state index in [9.17, 15) is 14.0 Å². The first-order valence-electron chi connectivity index (χ1n) is 5.88. The summed E-state index contributed by atoms with van der Waals surface area (Å²) in [6.45, 7) is 0. The quantitative estimate of drug-likeness (QED) is 0.818. The predicted molar refractivity (Wildman–Crippen MR) is 65.5 cm³/mol. The summed E-state index contributed by atoms with van der Waals surface area (Å²) in [6, 6.07) is 3.89. The molecule has 102 valence electrons. The molecule has 0 heterocycles. The Labute approximate surface area is 109 Å². The maximum absolute atomic E-state index is 13.6. The molecule has 0 bridgehead atoms. The number of hydrogen-bond acceptors (Lipinski definition) is 3. The molecular weight excluding hydrogens is 253 g/mol. The van der Waals surface area contributed by atoms with E-state index in [1.54, 1.807) is 0 Å². The number of nitrogens with one attached hydrogen (secondary N) is 1. The maximum atomic E-state index is 13.6. The van der Waals surface area contributed by atoms with Crippen LogP contribution < -0.4 is 10.1 Å². The van der Waals surface area contributed by atoms with E-state index in [-0.39, 0.29) is 18.5 Å². The van der Waals surface area contributed by atoms with Gasteiger partial charge in [-0.15, -0.1) is 0 Å². The van der Waals surface area contributed by atoms with Gasteiger partial charge in [-0.3, -0.25) is 9.59 Å². The molecule has 1 aliphatic rings. The maximum Gasteiger partial charge on any atom is 0.319 e. The van der Waals surface area contributed by atoms with E-state index in [4.69, 9.17) is 9.84 Å². The lowest BCUT2D eigenvalue weighted by molar-refractivity contribution is -0.159. The van der Waals surface area contributed by atoms with Crippen LogP contribution in [0.3, 0.4) is 0 Å². The lowest BCUT2D eigenvalue weighted by atomic mass is 9.68. The van der Waals surface area contributed by atoms with Gasteiger partial charge in [0, 0.05) is 6.07 Å². The molecule has 0 atom stereocenters. The molecule has 19 heavy (non-hydrogen) atoms. The van der Waals surface area contributed by atoms with Crippen molar-refractivity contribution in [1.29, 1.82) is 0 Å². The van der Waals surface area contributed by atoms with Crippen LogP contribution >= 0.6 is 0 Å². The summed E-state index contributed by atoms with van der Waals surface area (Å²) >= 11 is 0. The topological polar surface area (TPSA) is 75.6 Å². The number of carboxylic acid groups (broad SMARTS) is 1. The summed E-state index contributed by atoms with van der Waals surface area (Å²) in [5, 5.41) is 11.5. The molecule has 1 aromatic carbocycles. The molecule has 1 saturated carbocycles. The highest BCUT2D eigenvalue weighted by Crippen LogP contribution is 2.42. The molecule has 1 aliphatic carbocycles. The number of hydrogen-bond donors (Lipinski definition) is 2. The number of carbonyl (C=O) groups is 2. The van der Waals surface area contributed by atoms with Crippen LogP contribution in [0.2, 0.25) is 0 Å². The van der Waals surface area contributed by atoms with Crippen molar-refractivity contribution < 1.29 is 23.8 Å². The van der Waals surface area contributed by atoms with Crippen LogP contribution in [0.5, 0.6) is 5.75 Å². The number of carbonyl (C=O) groups excluding carboxylic acids is 1. The van der Waals surface area contributed by atoms with Gasteiger partial charge in [-0.05, 0) is 25.0 Å². The van der Waals surface area contributed by atoms with Crippen molar-refractivity contribution >= 4 is 17.6 Å². The van der Waals surface area contributed by atoms with Crippen molar-refractivity contribution in [3.8, 4) is 5.75 Å². The van der Waals surface area contributed by atoms with Crippen LogP contribution in [0, 0.1) is 11.2 Å². The van der Waals surface area contributed by atoms with Gasteiger partial charge >= 0.3 is 5.97 Å². The third-order valence-electron chi connectivity index (χ3n) is 3.47. The Hall–Kier alpha value is -2.11. The monoisotopic (exact) mass is 267 g/mol. The Bertz CT molecular complexity index is 525. The van der Waals surface area contributed by atoms with Crippen molar-refractivity contribution in [2.75, 3.05) is 12.4 Å². The minimum absolute atomic E-state index is 0.0723. The van der Waals surface area contributed by atoms with Crippen molar-refractivity contribution in [1.82, 2.24) is 0 Å². The third-order valence-corrected chi connectivity index (χ3v) is 3.47. The number of halogens is 1. The first-order chi connectivity index (χ1) is 8.99. The lowest BCUT2D eigenvalue weighted by Crippen LogP contribution is -2.48. The Balaban J connectivity index is 2.21. The first-order valence-corrected chi connectivity index (χ1v) is 5.88. The molecular formula is C13H14FNO4. The highest BCUT2D eigenvalue weighted by molar-refractivity contribution is 6.09. The largest absolute Gasteiger partial charge is 0.497 e. The summed E-state index contributed by atoms with van der Waals surface area (Å²) < 4.78 is 18.5. The Morgan fingerprint density at radius 2 is 2.11 bits per heavy atom. The number of aliphatic carboxylic acids is 1. The summed E-state index contributed by atoms with van der Waals surface area (Å²) in [4.78, 5) is 23.2. The molecule has 0 spiro atoms. The molecule has 0 aromatic heterocycles. The minimum atomic E-state index is -1.42. The van der Waals surface area contributed by atoms with E-state index < -0.39 is 23.1 Å². The molecule has 1 amide bonds. The van der Waals surface area contributed by atoms with E-state index in [0.717, 1.165) is 6.07 Å². The zero-order valence-electron chi connectivity index (χ0n) is 10.4. The molecule has 2 N–H and O–H groups in total. The normalized spacial score (nSPS) is 16.3. The zero-order chi connectivity index (χ0) is 14.0. The van der Waals surface area contributed by atoms with Crippen molar-refractivity contribution in [3.63, 3.8) is 0 Å². The van der Waals surface area contributed by atoms with Gasteiger partial charge in [-0.25, -0.2) is 4.39 Å². The fourth-order valence-electron chi connectivity index (χ4n) is 2.04. The number of amides is 1. The van der Waals surface area contributed by atoms with Crippen molar-refractivity contribution in [3.05, 3.63) is 24.0 Å². The molecule has 0 radical (unpaired) electrons. The molecule has 0 saturated heterocycles. The third kappa shape index (κ3) is 2.25. The van der Waals surface area contributed by atoms with Gasteiger partial charge in [0.15, 0.2) is 0 Å². The molecule has 1 fully saturated rings. The predicted octanol–water partition coefficient (Wildman–Crippen LogP) is 2.03. The number of ether oxygens (including phenoxy) is 1. The van der Waals surface area contributed by atoms with Crippen molar-refractivity contribution in [2.45, 2.75) is 19.3 Å². The van der Waals surface area contributed by atoms with Crippen LogP contribution in [-0.2, 0) is 9.59 Å². The van der Waals surface area contributed by atoms with E-state index in [1.807, 2.05) is 0 Å². The van der Waals surface area contributed by atoms with Gasteiger partial charge in [0.05, 0.1) is 12.8 Å². The minimum Gasteiger partial charge on any atom is -0.497 e. The molecule has 2 rings (SSSR count). The number of benzene rings is 1. The Kier molecular flexibility index (Phi) is 3.42. The smallest absolute Gasteiger partial charge is 0.319 e. The van der Waals surface area contributed by atoms with Crippen LogP contribution in [0.1, 0.15) is 19.3 Å². The molecule has 0 aliphatic heterocycles. The van der Waals surface area contributed by atoms with Crippen LogP contribution in [0.15, 0.2) is 18.2 Å². The standard InChI is InChI=1S/C13H14FNO4/c1-19-8-3-4-9(14)10(7-8)15-11(16)13(12(17)18)5-2-6-13/h3-4,7H,2,5-6H2,1H3,(H,15,16)(H,17,18). The average molecular weight is 267 g/mol.